The first-order chi connectivity index (χ1) is 14.1. The van der Waals surface area contributed by atoms with Crippen molar-refractivity contribution >= 4 is 97.2 Å². The second-order valence-corrected chi connectivity index (χ2v) is 12.5. The third kappa shape index (κ3) is 3.58. The maximum absolute atomic E-state index is 12.2. The van der Waals surface area contributed by atoms with E-state index >= 15 is 0 Å². The molecule has 0 bridgehead atoms. The van der Waals surface area contributed by atoms with Crippen LogP contribution in [0.25, 0.3) is 6.08 Å². The molecule has 0 saturated carbocycles. The molecule has 0 saturated heterocycles. The number of hydrogen-bond donors (Lipinski definition) is 1. The van der Waals surface area contributed by atoms with Crippen molar-refractivity contribution in [1.82, 2.24) is 5.32 Å². The number of carbonyl (C=O) groups is 2. The number of amides is 2. The van der Waals surface area contributed by atoms with Crippen molar-refractivity contribution in [2.45, 2.75) is 0 Å². The molecule has 2 aliphatic rings. The zero-order valence-electron chi connectivity index (χ0n) is 14.8. The molecule has 2 aromatic carbocycles. The third-order valence-corrected chi connectivity index (χ3v) is 10.2. The molecule has 1 radical (unpaired) electrons. The second-order valence-electron chi connectivity index (χ2n) is 6.28. The Bertz CT molecular complexity index is 1190. The molecule has 0 aliphatic carbocycles. The van der Waals surface area contributed by atoms with E-state index in [1.54, 1.807) is 6.08 Å². The first kappa shape index (κ1) is 19.1. The predicted molar refractivity (Wildman–Crippen MR) is 117 cm³/mol. The second kappa shape index (κ2) is 7.74. The molecule has 0 unspecified atom stereocenters. The van der Waals surface area contributed by atoms with Gasteiger partial charge >= 0.3 is 193 Å². The molecule has 8 heteroatoms. The van der Waals surface area contributed by atoms with Crippen LogP contribution < -0.4 is 17.4 Å². The van der Waals surface area contributed by atoms with Gasteiger partial charge in [-0.3, -0.25) is 0 Å². The summed E-state index contributed by atoms with van der Waals surface area (Å²) in [5, 5.41) is 2.56. The summed E-state index contributed by atoms with van der Waals surface area (Å²) in [6.45, 7) is 0. The van der Waals surface area contributed by atoms with Gasteiger partial charge in [0.1, 0.15) is 0 Å². The van der Waals surface area contributed by atoms with Crippen LogP contribution in [0.2, 0.25) is 0 Å². The zero-order chi connectivity index (χ0) is 20.0. The number of carbonyl (C=O) groups excluding carboxylic acids is 2. The Labute approximate surface area is 191 Å². The maximum atomic E-state index is 12.2. The molecule has 5 rings (SSSR count). The number of hydrogen-bond acceptors (Lipinski definition) is 3. The van der Waals surface area contributed by atoms with E-state index in [1.807, 2.05) is 6.07 Å². The normalized spacial score (nSPS) is 16.9. The van der Waals surface area contributed by atoms with Crippen LogP contribution >= 0.6 is 0 Å². The number of nitrogens with zero attached hydrogens (tertiary/aromatic N) is 2. The SMILES string of the molecule is O=C1N=C([Se])NC(=O)/C1=C\c1ccc(N2c3ccccc3[Te]c3ccccc32)[se]1. The van der Waals surface area contributed by atoms with E-state index in [9.17, 15) is 9.59 Å². The number of benzene rings is 2. The van der Waals surface area contributed by atoms with Crippen LogP contribution in [0, 0.1) is 0 Å². The fraction of sp³-hybridized carbons (Fsp3) is 0. The van der Waals surface area contributed by atoms with E-state index in [-0.39, 0.29) is 24.8 Å². The Kier molecular flexibility index (Phi) is 5.09. The van der Waals surface area contributed by atoms with Crippen LogP contribution in [0.4, 0.5) is 15.9 Å². The molecule has 5 nitrogen and oxygen atoms in total. The van der Waals surface area contributed by atoms with Gasteiger partial charge < -0.3 is 0 Å². The van der Waals surface area contributed by atoms with Gasteiger partial charge in [-0.25, -0.2) is 0 Å². The van der Waals surface area contributed by atoms with Gasteiger partial charge in [0.25, 0.3) is 0 Å². The van der Waals surface area contributed by atoms with Crippen molar-refractivity contribution in [2.75, 3.05) is 4.90 Å². The van der Waals surface area contributed by atoms with Crippen LogP contribution in [0.3, 0.4) is 0 Å². The Hall–Kier alpha value is -1.90. The van der Waals surface area contributed by atoms with Crippen LogP contribution in [0.5, 0.6) is 0 Å². The summed E-state index contributed by atoms with van der Waals surface area (Å²) in [6.07, 6.45) is 1.67. The van der Waals surface area contributed by atoms with Gasteiger partial charge in [0.15, 0.2) is 0 Å². The molecule has 29 heavy (non-hydrogen) atoms. The van der Waals surface area contributed by atoms with E-state index in [0.717, 1.165) is 4.44 Å². The summed E-state index contributed by atoms with van der Waals surface area (Å²) in [5.41, 5.74) is 2.57. The van der Waals surface area contributed by atoms with Gasteiger partial charge in [0.05, 0.1) is 0 Å². The number of anilines is 3. The molecular weight excluding hydrogens is 612 g/mol. The van der Waals surface area contributed by atoms with Gasteiger partial charge in [-0.2, -0.15) is 0 Å². The van der Waals surface area contributed by atoms with Crippen molar-refractivity contribution in [1.29, 1.82) is 0 Å². The molecule has 3 heterocycles. The fourth-order valence-electron chi connectivity index (χ4n) is 3.19. The number of aliphatic imine (C=N–C) groups is 1. The van der Waals surface area contributed by atoms with Crippen molar-refractivity contribution in [3.8, 4) is 0 Å². The molecule has 2 amide bonds. The van der Waals surface area contributed by atoms with Crippen LogP contribution in [-0.2, 0) is 9.59 Å². The van der Waals surface area contributed by atoms with Gasteiger partial charge in [-0.15, -0.1) is 0 Å². The van der Waals surface area contributed by atoms with Gasteiger partial charge in [-0.1, -0.05) is 0 Å². The quantitative estimate of drug-likeness (QED) is 0.204. The van der Waals surface area contributed by atoms with E-state index in [1.165, 1.54) is 23.2 Å². The van der Waals surface area contributed by atoms with E-state index in [0.29, 0.717) is 0 Å². The summed E-state index contributed by atoms with van der Waals surface area (Å²) in [6, 6.07) is 21.3. The monoisotopic (exact) mass is 628 g/mol. The Morgan fingerprint density at radius 1 is 0.966 bits per heavy atom. The molecule has 0 atom stereocenters. The number of rotatable bonds is 2. The number of para-hydroxylation sites is 2. The summed E-state index contributed by atoms with van der Waals surface area (Å²) in [4.78, 5) is 30.4. The minimum atomic E-state index is -0.507. The molecular formula is C21H12N3O2Se2Te. The van der Waals surface area contributed by atoms with Crippen molar-refractivity contribution in [2.24, 2.45) is 4.99 Å². The van der Waals surface area contributed by atoms with Crippen LogP contribution in [0.15, 0.2) is 71.2 Å². The van der Waals surface area contributed by atoms with Crippen molar-refractivity contribution < 1.29 is 9.59 Å². The zero-order valence-corrected chi connectivity index (χ0v) is 20.5. The first-order valence-corrected chi connectivity index (χ1v) is 13.6. The fourth-order valence-corrected chi connectivity index (χ4v) is 8.63. The topological polar surface area (TPSA) is 61.8 Å². The average molecular weight is 624 g/mol. The standard InChI is InChI=1S/C21H12N3O2Se2Te/c25-19-13(20(26)23-21(27)22-19)11-12-9-10-18(28-12)24-14-5-1-3-7-16(14)29-17-8-4-2-6-15(17)24/h1-11H,(H,22,23,25,26). The number of amidine groups is 1. The molecule has 3 aromatic rings. The molecule has 1 N–H and O–H groups in total. The van der Waals surface area contributed by atoms with Crippen LogP contribution in [0.1, 0.15) is 4.44 Å². The summed E-state index contributed by atoms with van der Waals surface area (Å²) >= 11 is 2.11. The third-order valence-electron chi connectivity index (χ3n) is 4.45. The van der Waals surface area contributed by atoms with Crippen LogP contribution in [-0.4, -0.2) is 68.0 Å². The number of fused-ring (bicyclic) bond motifs is 2. The van der Waals surface area contributed by atoms with E-state index in [4.69, 9.17) is 0 Å². The van der Waals surface area contributed by atoms with Gasteiger partial charge in [-0.05, 0) is 0 Å². The van der Waals surface area contributed by atoms with Gasteiger partial charge in [0, 0.05) is 0 Å². The summed E-state index contributed by atoms with van der Waals surface area (Å²) < 4.78 is 5.22. The predicted octanol–water partition coefficient (Wildman–Crippen LogP) is 0.746. The molecule has 1 aromatic heterocycles. The molecule has 2 aliphatic heterocycles. The Balaban J connectivity index is 1.58. The Morgan fingerprint density at radius 2 is 1.62 bits per heavy atom. The van der Waals surface area contributed by atoms with Crippen molar-refractivity contribution in [3.05, 3.63) is 70.7 Å². The summed E-state index contributed by atoms with van der Waals surface area (Å²) in [5.74, 6) is -0.921. The van der Waals surface area contributed by atoms with Crippen molar-refractivity contribution in [3.63, 3.8) is 0 Å². The minimum absolute atomic E-state index is 0.0337. The molecule has 0 fully saturated rings. The molecule has 141 valence electrons. The summed E-state index contributed by atoms with van der Waals surface area (Å²) in [7, 11) is 0. The Morgan fingerprint density at radius 3 is 2.28 bits per heavy atom. The molecule has 0 spiro atoms. The van der Waals surface area contributed by atoms with E-state index < -0.39 is 32.7 Å². The van der Waals surface area contributed by atoms with E-state index in [2.05, 4.69) is 85.8 Å². The van der Waals surface area contributed by atoms with Gasteiger partial charge in [0.2, 0.25) is 0 Å². The number of nitrogens with one attached hydrogen (secondary N) is 1. The average Bonchev–Trinajstić information content (AvgIpc) is 3.17. The first-order valence-electron chi connectivity index (χ1n) is 8.69.